The number of ether oxygens (including phenoxy) is 2. The highest BCUT2D eigenvalue weighted by Gasteiger charge is 2.24. The number of aromatic nitrogens is 1. The predicted molar refractivity (Wildman–Crippen MR) is 124 cm³/mol. The van der Waals surface area contributed by atoms with Crippen molar-refractivity contribution in [3.8, 4) is 17.2 Å². The minimum atomic E-state index is -0.471. The number of oxazole rings is 1. The summed E-state index contributed by atoms with van der Waals surface area (Å²) in [6, 6.07) is 13.8. The molecule has 7 nitrogen and oxygen atoms in total. The second-order valence-electron chi connectivity index (χ2n) is 9.15. The molecule has 0 atom stereocenters. The van der Waals surface area contributed by atoms with Gasteiger partial charge < -0.3 is 18.8 Å². The third kappa shape index (κ3) is 5.40. The summed E-state index contributed by atoms with van der Waals surface area (Å²) in [6.45, 7) is 9.64. The van der Waals surface area contributed by atoms with Crippen LogP contribution in [0.1, 0.15) is 32.8 Å². The highest BCUT2D eigenvalue weighted by molar-refractivity contribution is 5.77. The maximum atomic E-state index is 12.4. The number of hydrogen-bond acceptors (Lipinski definition) is 6. The zero-order valence-corrected chi connectivity index (χ0v) is 19.3. The van der Waals surface area contributed by atoms with Crippen LogP contribution >= 0.6 is 0 Å². The molecule has 1 aliphatic heterocycles. The predicted octanol–water partition coefficient (Wildman–Crippen LogP) is 4.95. The van der Waals surface area contributed by atoms with Crippen LogP contribution in [-0.4, -0.2) is 59.8 Å². The molecule has 0 saturated carbocycles. The second kappa shape index (κ2) is 9.20. The van der Waals surface area contributed by atoms with Crippen LogP contribution in [0.4, 0.5) is 4.79 Å². The summed E-state index contributed by atoms with van der Waals surface area (Å²) in [5.41, 5.74) is 3.24. The highest BCUT2D eigenvalue weighted by Crippen LogP contribution is 2.27. The van der Waals surface area contributed by atoms with Crippen LogP contribution in [-0.2, 0) is 11.3 Å². The summed E-state index contributed by atoms with van der Waals surface area (Å²) in [6.07, 6.45) is 0.696. The van der Waals surface area contributed by atoms with Crippen LogP contribution in [0.25, 0.3) is 22.6 Å². The largest absolute Gasteiger partial charge is 0.497 e. The quantitative estimate of drug-likeness (QED) is 0.576. The summed E-state index contributed by atoms with van der Waals surface area (Å²) in [5.74, 6) is 1.40. The Balaban J connectivity index is 1.41. The zero-order chi connectivity index (χ0) is 22.7. The van der Waals surface area contributed by atoms with Gasteiger partial charge in [-0.25, -0.2) is 9.78 Å². The molecule has 1 saturated heterocycles. The van der Waals surface area contributed by atoms with Crippen LogP contribution in [0.15, 0.2) is 46.9 Å². The van der Waals surface area contributed by atoms with Gasteiger partial charge in [0, 0.05) is 38.3 Å². The van der Waals surface area contributed by atoms with Gasteiger partial charge in [0.05, 0.1) is 7.11 Å². The number of hydrogen-bond donors (Lipinski definition) is 0. The molecule has 0 aliphatic carbocycles. The first-order chi connectivity index (χ1) is 15.3. The van der Waals surface area contributed by atoms with Gasteiger partial charge in [0.15, 0.2) is 5.58 Å². The molecule has 1 amide bonds. The van der Waals surface area contributed by atoms with E-state index in [0.29, 0.717) is 12.4 Å². The van der Waals surface area contributed by atoms with E-state index in [9.17, 15) is 4.79 Å². The first kappa shape index (κ1) is 22.1. The van der Waals surface area contributed by atoms with Crippen molar-refractivity contribution < 1.29 is 18.7 Å². The topological polar surface area (TPSA) is 68.0 Å². The lowest BCUT2D eigenvalue weighted by Gasteiger charge is -2.26. The summed E-state index contributed by atoms with van der Waals surface area (Å²) in [4.78, 5) is 21.3. The van der Waals surface area contributed by atoms with Gasteiger partial charge >= 0.3 is 6.09 Å². The van der Waals surface area contributed by atoms with E-state index in [1.165, 1.54) is 5.56 Å². The zero-order valence-electron chi connectivity index (χ0n) is 19.3. The monoisotopic (exact) mass is 437 g/mol. The number of nitrogens with zero attached hydrogens (tertiary/aromatic N) is 3. The van der Waals surface area contributed by atoms with Gasteiger partial charge in [0.25, 0.3) is 0 Å². The van der Waals surface area contributed by atoms with Crippen molar-refractivity contribution in [3.05, 3.63) is 48.0 Å². The number of amides is 1. The number of carbonyl (C=O) groups excluding carboxylic acids is 1. The molecular weight excluding hydrogens is 406 g/mol. The number of methoxy groups -OCH3 is 1. The minimum absolute atomic E-state index is 0.227. The molecule has 0 spiro atoms. The van der Waals surface area contributed by atoms with E-state index < -0.39 is 5.60 Å². The Bertz CT molecular complexity index is 1070. The van der Waals surface area contributed by atoms with Gasteiger partial charge in [-0.15, -0.1) is 0 Å². The van der Waals surface area contributed by atoms with E-state index in [2.05, 4.69) is 22.0 Å². The van der Waals surface area contributed by atoms with Crippen molar-refractivity contribution >= 4 is 17.2 Å². The fourth-order valence-corrected chi connectivity index (χ4v) is 3.82. The number of rotatable bonds is 4. The van der Waals surface area contributed by atoms with Gasteiger partial charge in [-0.3, -0.25) is 4.90 Å². The summed E-state index contributed by atoms with van der Waals surface area (Å²) in [7, 11) is 1.65. The van der Waals surface area contributed by atoms with Crippen molar-refractivity contribution in [1.29, 1.82) is 0 Å². The molecule has 3 aromatic rings. The standard InChI is InChI=1S/C25H31N3O4/c1-25(2,3)32-24(29)28-13-5-12-27(14-15-28)17-18-6-11-22-21(16-18)26-23(31-22)19-7-9-20(30-4)10-8-19/h6-11,16H,5,12-15,17H2,1-4H3. The lowest BCUT2D eigenvalue weighted by Crippen LogP contribution is -2.39. The van der Waals surface area contributed by atoms with Crippen LogP contribution < -0.4 is 4.74 Å². The van der Waals surface area contributed by atoms with Gasteiger partial charge in [0.1, 0.15) is 16.9 Å². The normalized spacial score (nSPS) is 15.6. The molecule has 7 heteroatoms. The van der Waals surface area contributed by atoms with E-state index in [1.807, 2.05) is 56.0 Å². The average molecular weight is 438 g/mol. The maximum absolute atomic E-state index is 12.4. The van der Waals surface area contributed by atoms with Crippen LogP contribution in [0.2, 0.25) is 0 Å². The first-order valence-corrected chi connectivity index (χ1v) is 11.0. The molecule has 170 valence electrons. The van der Waals surface area contributed by atoms with Crippen molar-refractivity contribution in [2.24, 2.45) is 0 Å². The van der Waals surface area contributed by atoms with Crippen LogP contribution in [0.5, 0.6) is 5.75 Å². The molecule has 1 aromatic heterocycles. The molecule has 0 unspecified atom stereocenters. The summed E-state index contributed by atoms with van der Waals surface area (Å²) >= 11 is 0. The van der Waals surface area contributed by atoms with E-state index >= 15 is 0 Å². The molecule has 0 bridgehead atoms. The van der Waals surface area contributed by atoms with E-state index in [1.54, 1.807) is 7.11 Å². The maximum Gasteiger partial charge on any atom is 0.410 e. The highest BCUT2D eigenvalue weighted by atomic mass is 16.6. The van der Waals surface area contributed by atoms with Crippen LogP contribution in [0.3, 0.4) is 0 Å². The Morgan fingerprint density at radius 1 is 1.06 bits per heavy atom. The Morgan fingerprint density at radius 2 is 1.84 bits per heavy atom. The van der Waals surface area contributed by atoms with Gasteiger partial charge in [-0.2, -0.15) is 0 Å². The average Bonchev–Trinajstić information content (AvgIpc) is 3.03. The molecule has 2 heterocycles. The minimum Gasteiger partial charge on any atom is -0.497 e. The number of carbonyl (C=O) groups is 1. The lowest BCUT2D eigenvalue weighted by molar-refractivity contribution is 0.0257. The van der Waals surface area contributed by atoms with Crippen molar-refractivity contribution in [2.45, 2.75) is 39.3 Å². The Hall–Kier alpha value is -3.06. The molecule has 0 radical (unpaired) electrons. The van der Waals surface area contributed by atoms with E-state index in [-0.39, 0.29) is 6.09 Å². The van der Waals surface area contributed by atoms with E-state index in [4.69, 9.17) is 13.9 Å². The van der Waals surface area contributed by atoms with Gasteiger partial charge in [-0.05, 0) is 69.2 Å². The summed E-state index contributed by atoms with van der Waals surface area (Å²) in [5, 5.41) is 0. The molecule has 2 aromatic carbocycles. The Labute approximate surface area is 188 Å². The third-order valence-electron chi connectivity index (χ3n) is 5.44. The Kier molecular flexibility index (Phi) is 6.37. The van der Waals surface area contributed by atoms with Crippen molar-refractivity contribution in [2.75, 3.05) is 33.3 Å². The summed E-state index contributed by atoms with van der Waals surface area (Å²) < 4.78 is 16.7. The number of benzene rings is 2. The van der Waals surface area contributed by atoms with Crippen molar-refractivity contribution in [3.63, 3.8) is 0 Å². The number of fused-ring (bicyclic) bond motifs is 1. The first-order valence-electron chi connectivity index (χ1n) is 11.0. The second-order valence-corrected chi connectivity index (χ2v) is 9.15. The van der Waals surface area contributed by atoms with Gasteiger partial charge in [-0.1, -0.05) is 6.07 Å². The molecular formula is C25H31N3O4. The van der Waals surface area contributed by atoms with Crippen LogP contribution in [0, 0.1) is 0 Å². The molecule has 1 fully saturated rings. The van der Waals surface area contributed by atoms with E-state index in [0.717, 1.165) is 55.0 Å². The lowest BCUT2D eigenvalue weighted by atomic mass is 10.2. The van der Waals surface area contributed by atoms with Gasteiger partial charge in [0.2, 0.25) is 5.89 Å². The molecule has 1 aliphatic rings. The fraction of sp³-hybridized carbons (Fsp3) is 0.440. The third-order valence-corrected chi connectivity index (χ3v) is 5.44. The SMILES string of the molecule is COc1ccc(-c2nc3cc(CN4CCCN(C(=O)OC(C)(C)C)CC4)ccc3o2)cc1. The molecule has 4 rings (SSSR count). The fourth-order valence-electron chi connectivity index (χ4n) is 3.82. The van der Waals surface area contributed by atoms with Crippen molar-refractivity contribution in [1.82, 2.24) is 14.8 Å². The molecule has 0 N–H and O–H groups in total. The Morgan fingerprint density at radius 3 is 2.56 bits per heavy atom. The smallest absolute Gasteiger partial charge is 0.410 e. The molecule has 32 heavy (non-hydrogen) atoms.